The van der Waals surface area contributed by atoms with Gasteiger partial charge in [0.1, 0.15) is 5.75 Å². The molecule has 18 heavy (non-hydrogen) atoms. The van der Waals surface area contributed by atoms with Crippen molar-refractivity contribution < 1.29 is 4.74 Å². The van der Waals surface area contributed by atoms with Gasteiger partial charge in [-0.05, 0) is 37.5 Å². The first kappa shape index (κ1) is 11.6. The molecule has 1 heterocycles. The van der Waals surface area contributed by atoms with Gasteiger partial charge in [-0.3, -0.25) is 4.79 Å². The van der Waals surface area contributed by atoms with Crippen LogP contribution in [0, 0.1) is 0 Å². The van der Waals surface area contributed by atoms with E-state index < -0.39 is 0 Å². The largest absolute Gasteiger partial charge is 0.490 e. The van der Waals surface area contributed by atoms with Crippen molar-refractivity contribution in [3.8, 4) is 5.75 Å². The SMILES string of the molecule is Cn1ccc2c(OC3CCC3)ccc(Cl)c2c1=O. The number of hydrogen-bond donors (Lipinski definition) is 0. The topological polar surface area (TPSA) is 31.2 Å². The van der Waals surface area contributed by atoms with Crippen LogP contribution in [0.1, 0.15) is 19.3 Å². The number of hydrogen-bond acceptors (Lipinski definition) is 2. The zero-order valence-electron chi connectivity index (χ0n) is 10.1. The predicted octanol–water partition coefficient (Wildman–Crippen LogP) is 3.12. The van der Waals surface area contributed by atoms with Gasteiger partial charge in [-0.1, -0.05) is 11.6 Å². The fourth-order valence-corrected chi connectivity index (χ4v) is 2.40. The molecule has 1 aliphatic carbocycles. The van der Waals surface area contributed by atoms with E-state index >= 15 is 0 Å². The maximum Gasteiger partial charge on any atom is 0.259 e. The minimum atomic E-state index is -0.0865. The maximum absolute atomic E-state index is 12.1. The summed E-state index contributed by atoms with van der Waals surface area (Å²) >= 11 is 6.12. The lowest BCUT2D eigenvalue weighted by molar-refractivity contribution is 0.122. The molecule has 0 radical (unpaired) electrons. The van der Waals surface area contributed by atoms with E-state index in [-0.39, 0.29) is 5.56 Å². The van der Waals surface area contributed by atoms with Crippen LogP contribution in [0.4, 0.5) is 0 Å². The van der Waals surface area contributed by atoms with Gasteiger partial charge < -0.3 is 9.30 Å². The molecule has 1 aliphatic rings. The Morgan fingerprint density at radius 2 is 2.11 bits per heavy atom. The van der Waals surface area contributed by atoms with E-state index in [0.717, 1.165) is 24.0 Å². The zero-order valence-corrected chi connectivity index (χ0v) is 10.9. The van der Waals surface area contributed by atoms with E-state index in [1.165, 1.54) is 11.0 Å². The highest BCUT2D eigenvalue weighted by Gasteiger charge is 2.20. The van der Waals surface area contributed by atoms with Gasteiger partial charge in [-0.15, -0.1) is 0 Å². The molecule has 4 heteroatoms. The molecule has 0 N–H and O–H groups in total. The fourth-order valence-electron chi connectivity index (χ4n) is 2.16. The van der Waals surface area contributed by atoms with E-state index in [9.17, 15) is 4.79 Å². The first-order valence-electron chi connectivity index (χ1n) is 6.11. The van der Waals surface area contributed by atoms with Crippen LogP contribution < -0.4 is 10.3 Å². The Morgan fingerprint density at radius 1 is 1.33 bits per heavy atom. The van der Waals surface area contributed by atoms with Gasteiger partial charge in [0.25, 0.3) is 5.56 Å². The molecule has 94 valence electrons. The third-order valence-corrected chi connectivity index (χ3v) is 3.81. The first-order chi connectivity index (χ1) is 8.66. The number of fused-ring (bicyclic) bond motifs is 1. The number of ether oxygens (including phenoxy) is 1. The van der Waals surface area contributed by atoms with Crippen molar-refractivity contribution in [1.82, 2.24) is 4.57 Å². The second-order valence-electron chi connectivity index (χ2n) is 4.74. The Labute approximate surface area is 110 Å². The number of nitrogens with zero attached hydrogens (tertiary/aromatic N) is 1. The standard InChI is InChI=1S/C14H14ClNO2/c1-16-8-7-10-12(18-9-3-2-4-9)6-5-11(15)13(10)14(16)17/h5-9H,2-4H2,1H3. The van der Waals surface area contributed by atoms with Crippen LogP contribution in [-0.4, -0.2) is 10.7 Å². The predicted molar refractivity (Wildman–Crippen MR) is 72.5 cm³/mol. The van der Waals surface area contributed by atoms with E-state index in [4.69, 9.17) is 16.3 Å². The van der Waals surface area contributed by atoms with Crippen LogP contribution in [0.15, 0.2) is 29.2 Å². The zero-order chi connectivity index (χ0) is 12.7. The summed E-state index contributed by atoms with van der Waals surface area (Å²) in [6.07, 6.45) is 5.44. The Bertz CT molecular complexity index is 659. The molecular weight excluding hydrogens is 250 g/mol. The molecule has 1 fully saturated rings. The summed E-state index contributed by atoms with van der Waals surface area (Å²) < 4.78 is 7.44. The molecule has 0 saturated heterocycles. The van der Waals surface area contributed by atoms with Crippen LogP contribution in [0.25, 0.3) is 10.8 Å². The number of rotatable bonds is 2. The Kier molecular flexibility index (Phi) is 2.78. The molecule has 0 atom stereocenters. The summed E-state index contributed by atoms with van der Waals surface area (Å²) in [6.45, 7) is 0. The van der Waals surface area contributed by atoms with Crippen molar-refractivity contribution in [3.05, 3.63) is 39.8 Å². The third kappa shape index (κ3) is 1.79. The normalized spacial score (nSPS) is 15.7. The fraction of sp³-hybridized carbons (Fsp3) is 0.357. The summed E-state index contributed by atoms with van der Waals surface area (Å²) in [6, 6.07) is 5.47. The molecule has 0 bridgehead atoms. The Balaban J connectivity index is 2.18. The minimum absolute atomic E-state index is 0.0865. The number of aryl methyl sites for hydroxylation is 1. The Morgan fingerprint density at radius 3 is 2.78 bits per heavy atom. The van der Waals surface area contributed by atoms with E-state index in [1.807, 2.05) is 12.1 Å². The molecule has 0 spiro atoms. The lowest BCUT2D eigenvalue weighted by atomic mass is 9.96. The number of pyridine rings is 1. The molecule has 0 aliphatic heterocycles. The van der Waals surface area contributed by atoms with Crippen molar-refractivity contribution in [2.45, 2.75) is 25.4 Å². The van der Waals surface area contributed by atoms with E-state index in [1.54, 1.807) is 19.3 Å². The molecule has 0 unspecified atom stereocenters. The number of aromatic nitrogens is 1. The van der Waals surface area contributed by atoms with Crippen molar-refractivity contribution in [2.24, 2.45) is 7.05 Å². The van der Waals surface area contributed by atoms with Gasteiger partial charge in [0.2, 0.25) is 0 Å². The van der Waals surface area contributed by atoms with Gasteiger partial charge in [-0.25, -0.2) is 0 Å². The monoisotopic (exact) mass is 263 g/mol. The van der Waals surface area contributed by atoms with Gasteiger partial charge in [0.05, 0.1) is 16.5 Å². The van der Waals surface area contributed by atoms with E-state index in [0.29, 0.717) is 16.5 Å². The molecular formula is C14H14ClNO2. The number of benzene rings is 1. The average molecular weight is 264 g/mol. The highest BCUT2D eigenvalue weighted by atomic mass is 35.5. The summed E-state index contributed by atoms with van der Waals surface area (Å²) in [4.78, 5) is 12.1. The Hall–Kier alpha value is -1.48. The quantitative estimate of drug-likeness (QED) is 0.834. The van der Waals surface area contributed by atoms with Crippen LogP contribution in [0.3, 0.4) is 0 Å². The molecule has 1 saturated carbocycles. The smallest absolute Gasteiger partial charge is 0.259 e. The molecule has 0 amide bonds. The summed E-state index contributed by atoms with van der Waals surface area (Å²) in [5, 5.41) is 1.82. The molecule has 1 aromatic heterocycles. The van der Waals surface area contributed by atoms with Crippen molar-refractivity contribution in [1.29, 1.82) is 0 Å². The minimum Gasteiger partial charge on any atom is -0.490 e. The van der Waals surface area contributed by atoms with Crippen molar-refractivity contribution in [3.63, 3.8) is 0 Å². The summed E-state index contributed by atoms with van der Waals surface area (Å²) in [7, 11) is 1.72. The number of halogens is 1. The van der Waals surface area contributed by atoms with Crippen LogP contribution in [-0.2, 0) is 7.05 Å². The van der Waals surface area contributed by atoms with Gasteiger partial charge in [0.15, 0.2) is 0 Å². The molecule has 3 rings (SSSR count). The van der Waals surface area contributed by atoms with Gasteiger partial charge in [-0.2, -0.15) is 0 Å². The second kappa shape index (κ2) is 4.32. The average Bonchev–Trinajstić information content (AvgIpc) is 2.30. The van der Waals surface area contributed by atoms with Gasteiger partial charge in [0, 0.05) is 18.6 Å². The summed E-state index contributed by atoms with van der Waals surface area (Å²) in [5.74, 6) is 0.761. The molecule has 3 nitrogen and oxygen atoms in total. The van der Waals surface area contributed by atoms with E-state index in [2.05, 4.69) is 0 Å². The third-order valence-electron chi connectivity index (χ3n) is 3.50. The lowest BCUT2D eigenvalue weighted by Crippen LogP contribution is -2.25. The van der Waals surface area contributed by atoms with Crippen LogP contribution >= 0.6 is 11.6 Å². The van der Waals surface area contributed by atoms with Crippen molar-refractivity contribution in [2.75, 3.05) is 0 Å². The maximum atomic E-state index is 12.1. The lowest BCUT2D eigenvalue weighted by Gasteiger charge is -2.27. The molecule has 2 aromatic rings. The van der Waals surface area contributed by atoms with Crippen LogP contribution in [0.2, 0.25) is 5.02 Å². The van der Waals surface area contributed by atoms with Crippen LogP contribution in [0.5, 0.6) is 5.75 Å². The highest BCUT2D eigenvalue weighted by molar-refractivity contribution is 6.35. The second-order valence-corrected chi connectivity index (χ2v) is 5.14. The highest BCUT2D eigenvalue weighted by Crippen LogP contribution is 2.32. The summed E-state index contributed by atoms with van der Waals surface area (Å²) in [5.41, 5.74) is -0.0865. The van der Waals surface area contributed by atoms with Crippen molar-refractivity contribution >= 4 is 22.4 Å². The van der Waals surface area contributed by atoms with Gasteiger partial charge >= 0.3 is 0 Å². The first-order valence-corrected chi connectivity index (χ1v) is 6.49. The molecule has 1 aromatic carbocycles.